The fourth-order valence-corrected chi connectivity index (χ4v) is 4.18. The Morgan fingerprint density at radius 2 is 2.14 bits per heavy atom. The highest BCUT2D eigenvalue weighted by molar-refractivity contribution is 7.11. The molecule has 1 aromatic rings. The standard InChI is InChI=1S/C16H23FN2O2S/c1-13-3-4-14(22-13)11-18-6-2-5-16(17,12-18)15(20)19-7-9-21-10-8-19/h3-4H,2,5-12H2,1H3. The predicted octanol–water partition coefficient (Wildman–Crippen LogP) is 2.22. The van der Waals surface area contributed by atoms with E-state index < -0.39 is 5.67 Å². The van der Waals surface area contributed by atoms with E-state index in [-0.39, 0.29) is 12.5 Å². The zero-order valence-corrected chi connectivity index (χ0v) is 13.8. The van der Waals surface area contributed by atoms with Gasteiger partial charge in [-0.05, 0) is 38.4 Å². The number of ether oxygens (including phenoxy) is 1. The number of amides is 1. The molecule has 1 amide bonds. The number of thiophene rings is 1. The molecule has 1 atom stereocenters. The first-order valence-corrected chi connectivity index (χ1v) is 8.72. The van der Waals surface area contributed by atoms with E-state index in [1.807, 2.05) is 0 Å². The Hall–Kier alpha value is -0.980. The van der Waals surface area contributed by atoms with Crippen molar-refractivity contribution < 1.29 is 13.9 Å². The van der Waals surface area contributed by atoms with Gasteiger partial charge in [0.25, 0.3) is 5.91 Å². The van der Waals surface area contributed by atoms with E-state index in [1.165, 1.54) is 9.75 Å². The molecule has 3 heterocycles. The van der Waals surface area contributed by atoms with Gasteiger partial charge in [-0.3, -0.25) is 9.69 Å². The molecule has 2 aliphatic heterocycles. The van der Waals surface area contributed by atoms with Gasteiger partial charge in [-0.25, -0.2) is 4.39 Å². The van der Waals surface area contributed by atoms with Crippen molar-refractivity contribution in [3.63, 3.8) is 0 Å². The van der Waals surface area contributed by atoms with Gasteiger partial charge >= 0.3 is 0 Å². The Bertz CT molecular complexity index is 530. The van der Waals surface area contributed by atoms with Crippen molar-refractivity contribution in [1.82, 2.24) is 9.80 Å². The minimum Gasteiger partial charge on any atom is -0.378 e. The van der Waals surface area contributed by atoms with Crippen molar-refractivity contribution in [1.29, 1.82) is 0 Å². The monoisotopic (exact) mass is 326 g/mol. The Morgan fingerprint density at radius 1 is 1.36 bits per heavy atom. The molecule has 122 valence electrons. The van der Waals surface area contributed by atoms with Crippen LogP contribution < -0.4 is 0 Å². The first-order valence-electron chi connectivity index (χ1n) is 7.90. The van der Waals surface area contributed by atoms with Crippen LogP contribution in [0.25, 0.3) is 0 Å². The SMILES string of the molecule is Cc1ccc(CN2CCCC(F)(C(=O)N3CCOCC3)C2)s1. The number of hydrogen-bond acceptors (Lipinski definition) is 4. The lowest BCUT2D eigenvalue weighted by atomic mass is 9.93. The van der Waals surface area contributed by atoms with Crippen LogP contribution in [0.3, 0.4) is 0 Å². The number of morpholine rings is 1. The van der Waals surface area contributed by atoms with E-state index in [4.69, 9.17) is 4.74 Å². The van der Waals surface area contributed by atoms with Gasteiger partial charge in [0.2, 0.25) is 5.67 Å². The smallest absolute Gasteiger partial charge is 0.261 e. The van der Waals surface area contributed by atoms with Gasteiger partial charge < -0.3 is 9.64 Å². The third-order valence-electron chi connectivity index (χ3n) is 4.38. The number of rotatable bonds is 3. The van der Waals surface area contributed by atoms with E-state index in [2.05, 4.69) is 24.0 Å². The average Bonchev–Trinajstić information content (AvgIpc) is 2.92. The summed E-state index contributed by atoms with van der Waals surface area (Å²) < 4.78 is 20.5. The normalized spacial score (nSPS) is 27.1. The fraction of sp³-hybridized carbons (Fsp3) is 0.688. The molecule has 1 unspecified atom stereocenters. The maximum atomic E-state index is 15.2. The summed E-state index contributed by atoms with van der Waals surface area (Å²) in [6.07, 6.45) is 1.07. The van der Waals surface area contributed by atoms with Crippen LogP contribution in [-0.2, 0) is 16.1 Å². The van der Waals surface area contributed by atoms with E-state index in [0.717, 1.165) is 19.5 Å². The number of likely N-dealkylation sites (tertiary alicyclic amines) is 1. The molecule has 0 spiro atoms. The largest absolute Gasteiger partial charge is 0.378 e. The molecule has 2 aliphatic rings. The number of aryl methyl sites for hydroxylation is 1. The molecule has 0 radical (unpaired) electrons. The summed E-state index contributed by atoms with van der Waals surface area (Å²) in [5.74, 6) is -0.345. The molecule has 22 heavy (non-hydrogen) atoms. The molecule has 6 heteroatoms. The highest BCUT2D eigenvalue weighted by Gasteiger charge is 2.45. The van der Waals surface area contributed by atoms with Gasteiger partial charge in [-0.15, -0.1) is 11.3 Å². The fourth-order valence-electron chi connectivity index (χ4n) is 3.25. The Kier molecular flexibility index (Phi) is 4.80. The molecule has 0 bridgehead atoms. The third kappa shape index (κ3) is 3.50. The Labute approximate surface area is 134 Å². The summed E-state index contributed by atoms with van der Waals surface area (Å²) in [5.41, 5.74) is -1.73. The van der Waals surface area contributed by atoms with Crippen LogP contribution in [0.1, 0.15) is 22.6 Å². The number of hydrogen-bond donors (Lipinski definition) is 0. The average molecular weight is 326 g/mol. The lowest BCUT2D eigenvalue weighted by molar-refractivity contribution is -0.152. The Balaban J connectivity index is 1.64. The number of carbonyl (C=O) groups excluding carboxylic acids is 1. The van der Waals surface area contributed by atoms with Crippen LogP contribution in [0.2, 0.25) is 0 Å². The van der Waals surface area contributed by atoms with Gasteiger partial charge in [0, 0.05) is 35.9 Å². The molecule has 0 aromatic carbocycles. The summed E-state index contributed by atoms with van der Waals surface area (Å²) in [7, 11) is 0. The van der Waals surface area contributed by atoms with Gasteiger partial charge in [0.15, 0.2) is 0 Å². The number of halogens is 1. The van der Waals surface area contributed by atoms with Crippen molar-refractivity contribution in [3.8, 4) is 0 Å². The van der Waals surface area contributed by atoms with E-state index in [9.17, 15) is 4.79 Å². The van der Waals surface area contributed by atoms with Crippen LogP contribution >= 0.6 is 11.3 Å². The zero-order valence-electron chi connectivity index (χ0n) is 13.0. The van der Waals surface area contributed by atoms with Crippen molar-refractivity contribution in [2.45, 2.75) is 32.0 Å². The van der Waals surface area contributed by atoms with Gasteiger partial charge in [-0.1, -0.05) is 0 Å². The first kappa shape index (κ1) is 15.9. The van der Waals surface area contributed by atoms with Crippen LogP contribution in [-0.4, -0.2) is 60.8 Å². The molecule has 0 aliphatic carbocycles. The van der Waals surface area contributed by atoms with Crippen molar-refractivity contribution in [3.05, 3.63) is 21.9 Å². The highest BCUT2D eigenvalue weighted by Crippen LogP contribution is 2.29. The van der Waals surface area contributed by atoms with Crippen molar-refractivity contribution >= 4 is 17.2 Å². The van der Waals surface area contributed by atoms with Gasteiger partial charge in [-0.2, -0.15) is 0 Å². The van der Waals surface area contributed by atoms with Crippen LogP contribution in [0.15, 0.2) is 12.1 Å². The summed E-state index contributed by atoms with van der Waals surface area (Å²) >= 11 is 1.74. The topological polar surface area (TPSA) is 32.8 Å². The molecule has 4 nitrogen and oxygen atoms in total. The Morgan fingerprint density at radius 3 is 2.82 bits per heavy atom. The first-order chi connectivity index (χ1) is 10.6. The third-order valence-corrected chi connectivity index (χ3v) is 5.36. The van der Waals surface area contributed by atoms with E-state index >= 15 is 4.39 Å². The highest BCUT2D eigenvalue weighted by atomic mass is 32.1. The lowest BCUT2D eigenvalue weighted by Gasteiger charge is -2.39. The van der Waals surface area contributed by atoms with E-state index in [0.29, 0.717) is 32.7 Å². The molecular weight excluding hydrogens is 303 g/mol. The molecule has 1 aromatic heterocycles. The van der Waals surface area contributed by atoms with Gasteiger partial charge in [0.1, 0.15) is 0 Å². The molecule has 2 fully saturated rings. The molecule has 3 rings (SSSR count). The molecule has 2 saturated heterocycles. The van der Waals surface area contributed by atoms with E-state index in [1.54, 1.807) is 16.2 Å². The maximum absolute atomic E-state index is 15.2. The summed E-state index contributed by atoms with van der Waals surface area (Å²) in [5, 5.41) is 0. The predicted molar refractivity (Wildman–Crippen MR) is 84.8 cm³/mol. The van der Waals surface area contributed by atoms with Crippen molar-refractivity contribution in [2.24, 2.45) is 0 Å². The van der Waals surface area contributed by atoms with Crippen LogP contribution in [0, 0.1) is 6.92 Å². The zero-order chi connectivity index (χ0) is 15.6. The quantitative estimate of drug-likeness (QED) is 0.854. The summed E-state index contributed by atoms with van der Waals surface area (Å²) in [6, 6.07) is 4.18. The molecule has 0 N–H and O–H groups in total. The summed E-state index contributed by atoms with van der Waals surface area (Å²) in [4.78, 5) is 18.8. The van der Waals surface area contributed by atoms with Gasteiger partial charge in [0.05, 0.1) is 13.2 Å². The van der Waals surface area contributed by atoms with Crippen LogP contribution in [0.5, 0.6) is 0 Å². The number of alkyl halides is 1. The maximum Gasteiger partial charge on any atom is 0.261 e. The minimum absolute atomic E-state index is 0.208. The second-order valence-corrected chi connectivity index (χ2v) is 7.57. The number of piperidine rings is 1. The number of nitrogens with zero attached hydrogens (tertiary/aromatic N) is 2. The second kappa shape index (κ2) is 6.64. The summed E-state index contributed by atoms with van der Waals surface area (Å²) in [6.45, 7) is 5.93. The van der Waals surface area contributed by atoms with Crippen LogP contribution in [0.4, 0.5) is 4.39 Å². The molecule has 0 saturated carbocycles. The number of carbonyl (C=O) groups is 1. The minimum atomic E-state index is -1.73. The lowest BCUT2D eigenvalue weighted by Crippen LogP contribution is -2.57. The van der Waals surface area contributed by atoms with Crippen molar-refractivity contribution in [2.75, 3.05) is 39.4 Å². The molecular formula is C16H23FN2O2S. The second-order valence-electron chi connectivity index (χ2n) is 6.20.